The van der Waals surface area contributed by atoms with Gasteiger partial charge >= 0.3 is 23.9 Å². The first-order chi connectivity index (χ1) is 12.2. The molecule has 0 aliphatic heterocycles. The predicted octanol–water partition coefficient (Wildman–Crippen LogP) is 5.52. The van der Waals surface area contributed by atoms with E-state index in [1.807, 2.05) is 0 Å². The Balaban J connectivity index is 2.43. The van der Waals surface area contributed by atoms with Crippen molar-refractivity contribution < 1.29 is 39.5 Å². The van der Waals surface area contributed by atoms with Crippen LogP contribution >= 0.6 is 0 Å². The summed E-state index contributed by atoms with van der Waals surface area (Å²) in [5, 5.41) is 0. The van der Waals surface area contributed by atoms with Crippen LogP contribution in [-0.2, 0) is 13.0 Å². The van der Waals surface area contributed by atoms with Crippen LogP contribution in [-0.4, -0.2) is 27.6 Å². The Hall–Kier alpha value is -2.46. The molecule has 148 valence electrons. The molecule has 0 N–H and O–H groups in total. The summed E-state index contributed by atoms with van der Waals surface area (Å²) in [5.74, 6) is -19.9. The molecule has 0 spiro atoms. The van der Waals surface area contributed by atoms with Crippen molar-refractivity contribution in [3.63, 3.8) is 0 Å². The molecule has 0 atom stereocenters. The van der Waals surface area contributed by atoms with Gasteiger partial charge in [0.1, 0.15) is 11.5 Å². The monoisotopic (exact) mass is 402 g/mol. The predicted molar refractivity (Wildman–Crippen MR) is 78.4 cm³/mol. The highest BCUT2D eigenvalue weighted by Crippen LogP contribution is 2.56. The minimum Gasteiger partial charge on any atom is -0.326 e. The molecule has 0 amide bonds. The zero-order valence-corrected chi connectivity index (χ0v) is 13.4. The molecule has 0 aliphatic carbocycles. The highest BCUT2D eigenvalue weighted by molar-refractivity contribution is 5.66. The number of aromatic nitrogens is 2. The van der Waals surface area contributed by atoms with Gasteiger partial charge in [0.15, 0.2) is 0 Å². The van der Waals surface area contributed by atoms with Gasteiger partial charge in [0.05, 0.1) is 6.20 Å². The second-order valence-electron chi connectivity index (χ2n) is 5.53. The first-order valence-electron chi connectivity index (χ1n) is 7.19. The third kappa shape index (κ3) is 3.42. The number of halogens is 9. The summed E-state index contributed by atoms with van der Waals surface area (Å²) in [6.07, 6.45) is -4.25. The molecular weight excluding hydrogens is 391 g/mol. The number of benzene rings is 1. The van der Waals surface area contributed by atoms with E-state index in [1.54, 1.807) is 30.3 Å². The first-order valence-corrected chi connectivity index (χ1v) is 7.19. The quantitative estimate of drug-likeness (QED) is 0.603. The highest BCUT2D eigenvalue weighted by Gasteiger charge is 2.82. The van der Waals surface area contributed by atoms with Crippen LogP contribution in [0, 0.1) is 0 Å². The summed E-state index contributed by atoms with van der Waals surface area (Å²) in [6.45, 7) is 0. The average molecular weight is 402 g/mol. The second kappa shape index (κ2) is 6.61. The summed E-state index contributed by atoms with van der Waals surface area (Å²) in [4.78, 5) is 3.39. The van der Waals surface area contributed by atoms with Crippen LogP contribution in [0.15, 0.2) is 36.5 Å². The Bertz CT molecular complexity index is 820. The molecule has 0 fully saturated rings. The zero-order valence-electron chi connectivity index (χ0n) is 13.4. The van der Waals surface area contributed by atoms with E-state index in [-0.39, 0.29) is 12.0 Å². The normalized spacial score (nSPS) is 14.1. The van der Waals surface area contributed by atoms with E-state index in [1.165, 1.54) is 6.08 Å². The van der Waals surface area contributed by atoms with Gasteiger partial charge in [-0.25, -0.2) is 4.98 Å². The van der Waals surface area contributed by atoms with Crippen LogP contribution in [0.4, 0.5) is 39.5 Å². The van der Waals surface area contributed by atoms with Crippen LogP contribution in [0.25, 0.3) is 12.2 Å². The molecule has 0 aliphatic rings. The fourth-order valence-corrected chi connectivity index (χ4v) is 2.14. The number of nitrogens with zero attached hydrogens (tertiary/aromatic N) is 2. The van der Waals surface area contributed by atoms with Gasteiger partial charge in [-0.1, -0.05) is 36.4 Å². The summed E-state index contributed by atoms with van der Waals surface area (Å²) < 4.78 is 118. The lowest BCUT2D eigenvalue weighted by molar-refractivity contribution is -0.400. The highest BCUT2D eigenvalue weighted by atomic mass is 19.4. The minimum atomic E-state index is -6.95. The Morgan fingerprint density at radius 3 is 1.89 bits per heavy atom. The van der Waals surface area contributed by atoms with Crippen molar-refractivity contribution in [1.29, 1.82) is 0 Å². The smallest absolute Gasteiger partial charge is 0.326 e. The molecule has 1 heterocycles. The van der Waals surface area contributed by atoms with Crippen molar-refractivity contribution in [2.45, 2.75) is 23.9 Å². The van der Waals surface area contributed by atoms with E-state index in [0.717, 1.165) is 13.1 Å². The van der Waals surface area contributed by atoms with Crippen LogP contribution in [0.5, 0.6) is 0 Å². The van der Waals surface area contributed by atoms with Crippen LogP contribution in [0.2, 0.25) is 0 Å². The van der Waals surface area contributed by atoms with Crippen molar-refractivity contribution in [1.82, 2.24) is 9.55 Å². The number of alkyl halides is 9. The van der Waals surface area contributed by atoms with E-state index < -0.39 is 29.6 Å². The number of imidazole rings is 1. The molecule has 11 heteroatoms. The van der Waals surface area contributed by atoms with E-state index >= 15 is 0 Å². The van der Waals surface area contributed by atoms with E-state index in [4.69, 9.17) is 0 Å². The van der Waals surface area contributed by atoms with Gasteiger partial charge in [0.25, 0.3) is 0 Å². The Kier molecular flexibility index (Phi) is 5.10. The molecule has 2 aromatic rings. The summed E-state index contributed by atoms with van der Waals surface area (Å²) >= 11 is 0. The second-order valence-corrected chi connectivity index (χ2v) is 5.53. The van der Waals surface area contributed by atoms with E-state index in [0.29, 0.717) is 10.1 Å². The fourth-order valence-electron chi connectivity index (χ4n) is 2.14. The van der Waals surface area contributed by atoms with Crippen molar-refractivity contribution in [3.8, 4) is 0 Å². The van der Waals surface area contributed by atoms with Crippen LogP contribution in [0.3, 0.4) is 0 Å². The van der Waals surface area contributed by atoms with Gasteiger partial charge in [-0.3, -0.25) is 0 Å². The van der Waals surface area contributed by atoms with Gasteiger partial charge in [-0.15, -0.1) is 0 Å². The van der Waals surface area contributed by atoms with Gasteiger partial charge in [-0.2, -0.15) is 39.5 Å². The maximum Gasteiger partial charge on any atom is 0.460 e. The number of rotatable bonds is 5. The lowest BCUT2D eigenvalue weighted by Gasteiger charge is -2.33. The summed E-state index contributed by atoms with van der Waals surface area (Å²) in [5.41, 5.74) is -1.20. The largest absolute Gasteiger partial charge is 0.460 e. The van der Waals surface area contributed by atoms with Gasteiger partial charge in [0, 0.05) is 7.05 Å². The van der Waals surface area contributed by atoms with E-state index in [2.05, 4.69) is 4.98 Å². The Labute approximate surface area is 146 Å². The lowest BCUT2D eigenvalue weighted by Crippen LogP contribution is -2.59. The maximum absolute atomic E-state index is 14.0. The Morgan fingerprint density at radius 2 is 1.37 bits per heavy atom. The topological polar surface area (TPSA) is 17.8 Å². The molecule has 0 unspecified atom stereocenters. The van der Waals surface area contributed by atoms with Crippen molar-refractivity contribution in [2.24, 2.45) is 7.05 Å². The zero-order chi connectivity index (χ0) is 20.7. The minimum absolute atomic E-state index is 0.130. The molecule has 0 saturated heterocycles. The first kappa shape index (κ1) is 20.8. The summed E-state index contributed by atoms with van der Waals surface area (Å²) in [6, 6.07) is 8.23. The lowest BCUT2D eigenvalue weighted by atomic mass is 10.0. The third-order valence-corrected chi connectivity index (χ3v) is 3.71. The SMILES string of the molecule is Cn1c(C(F)(F)C(F)(F)C(F)(F)C(F)(F)F)cnc1/C=C\c1ccccc1. The number of hydrogen-bond acceptors (Lipinski definition) is 1. The average Bonchev–Trinajstić information content (AvgIpc) is 2.94. The van der Waals surface area contributed by atoms with Crippen molar-refractivity contribution in [3.05, 3.63) is 53.6 Å². The molecule has 1 aromatic heterocycles. The van der Waals surface area contributed by atoms with Crippen LogP contribution < -0.4 is 0 Å². The molecular formula is C16H11F9N2. The molecule has 2 nitrogen and oxygen atoms in total. The molecule has 27 heavy (non-hydrogen) atoms. The van der Waals surface area contributed by atoms with Crippen molar-refractivity contribution in [2.75, 3.05) is 0 Å². The standard InChI is InChI=1S/C16H11F9N2/c1-27-11(9-26-12(27)8-7-10-5-3-2-4-6-10)13(17,18)14(19,20)15(21,22)16(23,24)25/h2-9H,1H3/b8-7-. The number of hydrogen-bond donors (Lipinski definition) is 0. The molecule has 0 bridgehead atoms. The van der Waals surface area contributed by atoms with Crippen molar-refractivity contribution >= 4 is 12.2 Å². The molecule has 0 radical (unpaired) electrons. The summed E-state index contributed by atoms with van der Waals surface area (Å²) in [7, 11) is 0.794. The van der Waals surface area contributed by atoms with E-state index in [9.17, 15) is 39.5 Å². The van der Waals surface area contributed by atoms with Crippen LogP contribution in [0.1, 0.15) is 17.1 Å². The van der Waals surface area contributed by atoms with Gasteiger partial charge in [-0.05, 0) is 11.6 Å². The van der Waals surface area contributed by atoms with Gasteiger partial charge < -0.3 is 4.57 Å². The molecule has 1 aromatic carbocycles. The molecule has 2 rings (SSSR count). The molecule has 0 saturated carbocycles. The van der Waals surface area contributed by atoms with Gasteiger partial charge in [0.2, 0.25) is 0 Å². The maximum atomic E-state index is 14.0. The Morgan fingerprint density at radius 1 is 0.815 bits per heavy atom. The fraction of sp³-hybridized carbons (Fsp3) is 0.312. The third-order valence-electron chi connectivity index (χ3n) is 3.71.